The minimum Gasteiger partial charge on any atom is -0.450 e. The zero-order chi connectivity index (χ0) is 19.0. The molecule has 0 spiro atoms. The lowest BCUT2D eigenvalue weighted by Gasteiger charge is -2.20. The number of nitrogens with zero attached hydrogens (tertiary/aromatic N) is 4. The van der Waals surface area contributed by atoms with Crippen LogP contribution in [-0.2, 0) is 0 Å². The largest absolute Gasteiger partial charge is 0.450 e. The average Bonchev–Trinajstić information content (AvgIpc) is 3.09. The summed E-state index contributed by atoms with van der Waals surface area (Å²) >= 11 is 1.25. The second kappa shape index (κ2) is 6.82. The van der Waals surface area contributed by atoms with Crippen molar-refractivity contribution < 1.29 is 19.3 Å². The van der Waals surface area contributed by atoms with E-state index in [2.05, 4.69) is 9.98 Å². The van der Waals surface area contributed by atoms with Crippen molar-refractivity contribution in [1.29, 1.82) is 0 Å². The monoisotopic (exact) mass is 386 g/mol. The molecule has 0 saturated heterocycles. The standard InChI is InChI=1S/C17H11FN4O4S/c18-11-2-4-12(5-3-11)26-15-6-1-10(7-14(15)22(24)25)16-20-13-8-19-9-21(23)17(13)27-16/h1-9,17,23H. The first kappa shape index (κ1) is 17.2. The van der Waals surface area contributed by atoms with E-state index in [0.29, 0.717) is 16.3 Å². The highest BCUT2D eigenvalue weighted by Crippen LogP contribution is 2.38. The number of nitro groups is 1. The molecule has 2 aromatic carbocycles. The Morgan fingerprint density at radius 2 is 2.04 bits per heavy atom. The summed E-state index contributed by atoms with van der Waals surface area (Å²) < 4.78 is 18.5. The summed E-state index contributed by atoms with van der Waals surface area (Å²) in [6.45, 7) is 0. The fourth-order valence-electron chi connectivity index (χ4n) is 2.53. The van der Waals surface area contributed by atoms with E-state index in [1.807, 2.05) is 0 Å². The van der Waals surface area contributed by atoms with E-state index in [4.69, 9.17) is 4.74 Å². The second-order valence-electron chi connectivity index (χ2n) is 5.58. The number of benzene rings is 2. The Hall–Kier alpha value is -3.24. The first-order valence-electron chi connectivity index (χ1n) is 7.69. The molecule has 8 nitrogen and oxygen atoms in total. The van der Waals surface area contributed by atoms with Gasteiger partial charge in [0.2, 0.25) is 5.75 Å². The van der Waals surface area contributed by atoms with Gasteiger partial charge in [0.05, 0.1) is 16.8 Å². The molecule has 0 aliphatic carbocycles. The lowest BCUT2D eigenvalue weighted by molar-refractivity contribution is -0.385. The highest BCUT2D eigenvalue weighted by Gasteiger charge is 2.32. The predicted molar refractivity (Wildman–Crippen MR) is 97.7 cm³/mol. The molecular weight excluding hydrogens is 375 g/mol. The number of hydroxylamine groups is 2. The van der Waals surface area contributed by atoms with E-state index < -0.39 is 16.1 Å². The molecule has 0 bridgehead atoms. The quantitative estimate of drug-likeness (QED) is 0.631. The Balaban J connectivity index is 1.65. The minimum absolute atomic E-state index is 0.0303. The summed E-state index contributed by atoms with van der Waals surface area (Å²) in [7, 11) is 0. The van der Waals surface area contributed by atoms with Gasteiger partial charge in [-0.15, -0.1) is 0 Å². The van der Waals surface area contributed by atoms with Crippen molar-refractivity contribution >= 4 is 28.8 Å². The number of halogens is 1. The Labute approximate surface area is 156 Å². The number of thioether (sulfide) groups is 1. The number of aliphatic imine (C=N–C) groups is 2. The molecule has 136 valence electrons. The number of fused-ring (bicyclic) bond motifs is 1. The molecule has 0 saturated carbocycles. The third kappa shape index (κ3) is 3.39. The number of hydrogen-bond acceptors (Lipinski definition) is 8. The molecule has 10 heteroatoms. The van der Waals surface area contributed by atoms with Gasteiger partial charge in [0, 0.05) is 11.6 Å². The zero-order valence-corrected chi connectivity index (χ0v) is 14.3. The summed E-state index contributed by atoms with van der Waals surface area (Å²) in [6, 6.07) is 9.63. The van der Waals surface area contributed by atoms with Gasteiger partial charge in [-0.2, -0.15) is 0 Å². The number of rotatable bonds is 4. The van der Waals surface area contributed by atoms with Crippen LogP contribution in [-0.4, -0.2) is 31.9 Å². The Kier molecular flexibility index (Phi) is 4.34. The fourth-order valence-corrected chi connectivity index (χ4v) is 3.56. The van der Waals surface area contributed by atoms with Crippen LogP contribution in [0.2, 0.25) is 0 Å². The van der Waals surface area contributed by atoms with Crippen LogP contribution in [0.4, 0.5) is 10.1 Å². The van der Waals surface area contributed by atoms with Crippen molar-refractivity contribution in [2.45, 2.75) is 5.37 Å². The minimum atomic E-state index is -0.559. The summed E-state index contributed by atoms with van der Waals surface area (Å²) in [4.78, 5) is 19.1. The molecule has 4 rings (SSSR count). The van der Waals surface area contributed by atoms with Gasteiger partial charge in [-0.1, -0.05) is 11.8 Å². The topological polar surface area (TPSA) is 101 Å². The van der Waals surface area contributed by atoms with Crippen molar-refractivity contribution in [3.05, 3.63) is 75.9 Å². The smallest absolute Gasteiger partial charge is 0.312 e. The molecule has 2 aliphatic rings. The number of hydrogen-bond donors (Lipinski definition) is 1. The van der Waals surface area contributed by atoms with Gasteiger partial charge in [-0.25, -0.2) is 19.4 Å². The molecule has 0 amide bonds. The summed E-state index contributed by atoms with van der Waals surface area (Å²) in [6.07, 6.45) is 2.79. The zero-order valence-electron chi connectivity index (χ0n) is 13.5. The van der Waals surface area contributed by atoms with E-state index >= 15 is 0 Å². The van der Waals surface area contributed by atoms with Crippen LogP contribution in [0.15, 0.2) is 64.3 Å². The Bertz CT molecular complexity index is 1010. The van der Waals surface area contributed by atoms with Crippen molar-refractivity contribution in [2.24, 2.45) is 9.98 Å². The van der Waals surface area contributed by atoms with Gasteiger partial charge >= 0.3 is 5.69 Å². The summed E-state index contributed by atoms with van der Waals surface area (Å²) in [5, 5.41) is 22.3. The Morgan fingerprint density at radius 3 is 2.74 bits per heavy atom. The summed E-state index contributed by atoms with van der Waals surface area (Å²) in [5.74, 6) is -0.118. The lowest BCUT2D eigenvalue weighted by atomic mass is 10.2. The third-order valence-corrected chi connectivity index (χ3v) is 5.01. The van der Waals surface area contributed by atoms with Crippen LogP contribution in [0.5, 0.6) is 11.5 Å². The first-order chi connectivity index (χ1) is 13.0. The molecule has 0 aromatic heterocycles. The molecule has 27 heavy (non-hydrogen) atoms. The van der Waals surface area contributed by atoms with Crippen LogP contribution >= 0.6 is 11.8 Å². The normalized spacial score (nSPS) is 18.0. The van der Waals surface area contributed by atoms with Crippen LogP contribution in [0.25, 0.3) is 0 Å². The van der Waals surface area contributed by atoms with Crippen LogP contribution in [0.1, 0.15) is 5.56 Å². The molecule has 1 unspecified atom stereocenters. The van der Waals surface area contributed by atoms with Crippen molar-refractivity contribution in [1.82, 2.24) is 5.06 Å². The van der Waals surface area contributed by atoms with Gasteiger partial charge in [0.1, 0.15) is 22.9 Å². The van der Waals surface area contributed by atoms with Gasteiger partial charge in [0.15, 0.2) is 5.37 Å². The molecule has 2 aliphatic heterocycles. The average molecular weight is 386 g/mol. The van der Waals surface area contributed by atoms with Gasteiger partial charge < -0.3 is 4.74 Å². The molecule has 1 N–H and O–H groups in total. The molecule has 1 atom stereocenters. The van der Waals surface area contributed by atoms with Crippen LogP contribution < -0.4 is 4.74 Å². The van der Waals surface area contributed by atoms with Crippen LogP contribution in [0.3, 0.4) is 0 Å². The number of nitro benzene ring substituents is 1. The van der Waals surface area contributed by atoms with Crippen LogP contribution in [0, 0.1) is 15.9 Å². The highest BCUT2D eigenvalue weighted by molar-refractivity contribution is 8.15. The maximum absolute atomic E-state index is 13.0. The molecule has 2 aromatic rings. The molecule has 0 radical (unpaired) electrons. The highest BCUT2D eigenvalue weighted by atomic mass is 32.2. The molecule has 2 heterocycles. The van der Waals surface area contributed by atoms with Crippen molar-refractivity contribution in [2.75, 3.05) is 0 Å². The van der Waals surface area contributed by atoms with Crippen molar-refractivity contribution in [3.63, 3.8) is 0 Å². The van der Waals surface area contributed by atoms with E-state index in [-0.39, 0.29) is 17.2 Å². The van der Waals surface area contributed by atoms with Gasteiger partial charge in [-0.05, 0) is 36.4 Å². The lowest BCUT2D eigenvalue weighted by Crippen LogP contribution is -2.29. The van der Waals surface area contributed by atoms with E-state index in [0.717, 1.165) is 5.06 Å². The second-order valence-corrected chi connectivity index (χ2v) is 6.65. The third-order valence-electron chi connectivity index (χ3n) is 3.78. The molecular formula is C17H11FN4O4S. The van der Waals surface area contributed by atoms with Gasteiger partial charge in [0.25, 0.3) is 0 Å². The summed E-state index contributed by atoms with van der Waals surface area (Å²) in [5.41, 5.74) is 0.817. The fraction of sp³-hybridized carbons (Fsp3) is 0.0588. The van der Waals surface area contributed by atoms with Gasteiger partial charge in [-0.3, -0.25) is 15.3 Å². The SMILES string of the molecule is O=[N+]([O-])c1cc(C2=NC3=CN=CN(O)C3S2)ccc1Oc1ccc(F)cc1. The predicted octanol–water partition coefficient (Wildman–Crippen LogP) is 3.92. The first-order valence-corrected chi connectivity index (χ1v) is 8.57. The van der Waals surface area contributed by atoms with E-state index in [9.17, 15) is 19.7 Å². The molecule has 0 fully saturated rings. The number of ether oxygens (including phenoxy) is 1. The maximum atomic E-state index is 13.0. The Morgan fingerprint density at radius 1 is 1.26 bits per heavy atom. The maximum Gasteiger partial charge on any atom is 0.312 e. The van der Waals surface area contributed by atoms with Crippen molar-refractivity contribution in [3.8, 4) is 11.5 Å². The van der Waals surface area contributed by atoms with E-state index in [1.165, 1.54) is 60.7 Å². The van der Waals surface area contributed by atoms with E-state index in [1.54, 1.807) is 6.07 Å².